The molecule has 6 nitrogen and oxygen atoms in total. The molecule has 0 aliphatic carbocycles. The van der Waals surface area contributed by atoms with E-state index in [0.29, 0.717) is 0 Å². The maximum Gasteiger partial charge on any atom is 0.160 e. The molecule has 174 valence electrons. The number of aryl methyl sites for hydroxylation is 6. The maximum atomic E-state index is 5.10. The molecule has 7 aromatic rings. The first kappa shape index (κ1) is 21.0. The number of hydrogen-bond acceptors (Lipinski definition) is 6. The summed E-state index contributed by atoms with van der Waals surface area (Å²) in [4.78, 5) is 29.3. The van der Waals surface area contributed by atoms with Crippen LogP contribution in [0.2, 0.25) is 0 Å². The third-order valence-corrected chi connectivity index (χ3v) is 7.90. The van der Waals surface area contributed by atoms with Gasteiger partial charge in [-0.3, -0.25) is 0 Å². The van der Waals surface area contributed by atoms with Crippen molar-refractivity contribution in [2.24, 2.45) is 0 Å². The zero-order valence-electron chi connectivity index (χ0n) is 21.1. The third-order valence-electron chi connectivity index (χ3n) is 7.90. The molecule has 0 bridgehead atoms. The minimum atomic E-state index is 0.732. The molecular formula is C30H24N6. The van der Waals surface area contributed by atoms with Gasteiger partial charge in [0.2, 0.25) is 0 Å². The van der Waals surface area contributed by atoms with Gasteiger partial charge in [0.15, 0.2) is 16.9 Å². The lowest BCUT2D eigenvalue weighted by molar-refractivity contribution is 1.23. The molecule has 7 rings (SSSR count). The monoisotopic (exact) mass is 468 g/mol. The van der Waals surface area contributed by atoms with Crippen LogP contribution in [0, 0.1) is 41.5 Å². The lowest BCUT2D eigenvalue weighted by Crippen LogP contribution is -1.98. The van der Waals surface area contributed by atoms with Gasteiger partial charge in [0, 0.05) is 50.9 Å². The Kier molecular flexibility index (Phi) is 4.14. The van der Waals surface area contributed by atoms with Gasteiger partial charge in [0.05, 0.1) is 16.6 Å². The van der Waals surface area contributed by atoms with Crippen molar-refractivity contribution < 1.29 is 0 Å². The fraction of sp³-hybridized carbons (Fsp3) is 0.200. The Morgan fingerprint density at radius 3 is 0.944 bits per heavy atom. The van der Waals surface area contributed by atoms with Crippen molar-refractivity contribution in [1.82, 2.24) is 29.9 Å². The van der Waals surface area contributed by atoms with E-state index in [1.165, 1.54) is 16.7 Å². The van der Waals surface area contributed by atoms with Gasteiger partial charge < -0.3 is 0 Å². The largest absolute Gasteiger partial charge is 0.236 e. The van der Waals surface area contributed by atoms with Crippen molar-refractivity contribution in [3.05, 3.63) is 70.2 Å². The van der Waals surface area contributed by atoms with E-state index in [-0.39, 0.29) is 0 Å². The standard InChI is InChI=1S/C30H24N6/c1-13-10-31-28-19(16(13)4)7-22-25(34-28)23-8-20-17(5)15(3)12-33-30(20)36-27(23)24-9-21-18(6)14(2)11-32-29(21)35-26(22)24/h7-12H,1-6H3. The summed E-state index contributed by atoms with van der Waals surface area (Å²) in [5.41, 5.74) is 11.7. The smallest absolute Gasteiger partial charge is 0.160 e. The van der Waals surface area contributed by atoms with Crippen LogP contribution in [0.3, 0.4) is 0 Å². The van der Waals surface area contributed by atoms with Crippen LogP contribution < -0.4 is 0 Å². The molecule has 0 atom stereocenters. The van der Waals surface area contributed by atoms with Crippen molar-refractivity contribution in [3.8, 4) is 0 Å². The molecule has 0 amide bonds. The average Bonchev–Trinajstić information content (AvgIpc) is 2.89. The van der Waals surface area contributed by atoms with Gasteiger partial charge in [0.25, 0.3) is 0 Å². The number of benzene rings is 1. The second-order valence-corrected chi connectivity index (χ2v) is 9.97. The van der Waals surface area contributed by atoms with Crippen LogP contribution in [0.1, 0.15) is 33.4 Å². The zero-order valence-corrected chi connectivity index (χ0v) is 21.1. The highest BCUT2D eigenvalue weighted by Crippen LogP contribution is 2.38. The van der Waals surface area contributed by atoms with Crippen LogP contribution in [0.4, 0.5) is 0 Å². The molecule has 36 heavy (non-hydrogen) atoms. The Labute approximate surface area is 207 Å². The number of pyridine rings is 6. The summed E-state index contributed by atoms with van der Waals surface area (Å²) in [5, 5.41) is 6.09. The second-order valence-electron chi connectivity index (χ2n) is 9.97. The molecular weight excluding hydrogens is 444 g/mol. The van der Waals surface area contributed by atoms with Crippen molar-refractivity contribution in [2.45, 2.75) is 41.5 Å². The summed E-state index contributed by atoms with van der Waals surface area (Å²) < 4.78 is 0. The second kappa shape index (κ2) is 7.10. The van der Waals surface area contributed by atoms with Crippen LogP contribution in [-0.2, 0) is 0 Å². The number of nitrogens with zero attached hydrogens (tertiary/aromatic N) is 6. The van der Waals surface area contributed by atoms with Gasteiger partial charge in [0.1, 0.15) is 0 Å². The normalized spacial score (nSPS) is 12.2. The first-order valence-electron chi connectivity index (χ1n) is 12.1. The first-order chi connectivity index (χ1) is 17.3. The summed E-state index contributed by atoms with van der Waals surface area (Å²) in [7, 11) is 0. The van der Waals surface area contributed by atoms with E-state index in [1.54, 1.807) is 0 Å². The van der Waals surface area contributed by atoms with E-state index >= 15 is 0 Å². The van der Waals surface area contributed by atoms with E-state index in [2.05, 4.69) is 74.7 Å². The van der Waals surface area contributed by atoms with Gasteiger partial charge >= 0.3 is 0 Å². The van der Waals surface area contributed by atoms with E-state index in [0.717, 1.165) is 82.5 Å². The van der Waals surface area contributed by atoms with Gasteiger partial charge in [-0.05, 0) is 93.1 Å². The summed E-state index contributed by atoms with van der Waals surface area (Å²) in [6, 6.07) is 6.58. The molecule has 1 aromatic carbocycles. The van der Waals surface area contributed by atoms with Crippen LogP contribution in [0.25, 0.3) is 65.8 Å². The summed E-state index contributed by atoms with van der Waals surface area (Å²) in [6.45, 7) is 12.6. The molecule has 0 unspecified atom stereocenters. The van der Waals surface area contributed by atoms with E-state index < -0.39 is 0 Å². The van der Waals surface area contributed by atoms with Crippen molar-refractivity contribution >= 4 is 65.8 Å². The van der Waals surface area contributed by atoms with Crippen molar-refractivity contribution in [2.75, 3.05) is 0 Å². The maximum absolute atomic E-state index is 5.10. The zero-order chi connectivity index (χ0) is 24.9. The Balaban J connectivity index is 1.80. The molecule has 0 saturated carbocycles. The van der Waals surface area contributed by atoms with Crippen molar-refractivity contribution in [1.29, 1.82) is 0 Å². The predicted octanol–water partition coefficient (Wildman–Crippen LogP) is 6.83. The molecule has 6 heteroatoms. The Hall–Kier alpha value is -4.32. The minimum Gasteiger partial charge on any atom is -0.236 e. The molecule has 6 aromatic heterocycles. The minimum absolute atomic E-state index is 0.732. The summed E-state index contributed by atoms with van der Waals surface area (Å²) >= 11 is 0. The fourth-order valence-electron chi connectivity index (χ4n) is 5.19. The molecule has 0 fully saturated rings. The lowest BCUT2D eigenvalue weighted by atomic mass is 9.98. The molecule has 0 aliphatic rings. The quantitative estimate of drug-likeness (QED) is 0.179. The van der Waals surface area contributed by atoms with Crippen LogP contribution >= 0.6 is 0 Å². The topological polar surface area (TPSA) is 77.3 Å². The Morgan fingerprint density at radius 1 is 0.389 bits per heavy atom. The van der Waals surface area contributed by atoms with Gasteiger partial charge in [-0.1, -0.05) is 0 Å². The van der Waals surface area contributed by atoms with E-state index in [1.807, 2.05) is 18.6 Å². The molecule has 0 spiro atoms. The van der Waals surface area contributed by atoms with E-state index in [9.17, 15) is 0 Å². The van der Waals surface area contributed by atoms with Crippen molar-refractivity contribution in [3.63, 3.8) is 0 Å². The molecule has 0 aliphatic heterocycles. The first-order valence-corrected chi connectivity index (χ1v) is 12.1. The van der Waals surface area contributed by atoms with E-state index in [4.69, 9.17) is 15.0 Å². The molecule has 0 saturated heterocycles. The number of aromatic nitrogens is 6. The van der Waals surface area contributed by atoms with Crippen LogP contribution in [0.15, 0.2) is 36.8 Å². The Morgan fingerprint density at radius 2 is 0.667 bits per heavy atom. The number of hydrogen-bond donors (Lipinski definition) is 0. The highest BCUT2D eigenvalue weighted by Gasteiger charge is 2.18. The lowest BCUT2D eigenvalue weighted by Gasteiger charge is -2.14. The fourth-order valence-corrected chi connectivity index (χ4v) is 5.19. The number of fused-ring (bicyclic) bond motifs is 9. The number of rotatable bonds is 0. The Bertz CT molecular complexity index is 1840. The molecule has 0 radical (unpaired) electrons. The average molecular weight is 469 g/mol. The van der Waals surface area contributed by atoms with Crippen LogP contribution in [0.5, 0.6) is 0 Å². The highest BCUT2D eigenvalue weighted by atomic mass is 14.9. The summed E-state index contributed by atoms with van der Waals surface area (Å²) in [6.07, 6.45) is 5.68. The van der Waals surface area contributed by atoms with Gasteiger partial charge in [-0.2, -0.15) is 0 Å². The van der Waals surface area contributed by atoms with Gasteiger partial charge in [-0.15, -0.1) is 0 Å². The third kappa shape index (κ3) is 2.72. The highest BCUT2D eigenvalue weighted by molar-refractivity contribution is 6.25. The SMILES string of the molecule is Cc1cnc2nc3c4cc5c(C)c(C)cnc5nc4c4cc5c(C)c(C)cnc5nc4c3cc2c1C. The molecule has 0 N–H and O–H groups in total. The summed E-state index contributed by atoms with van der Waals surface area (Å²) in [5.74, 6) is 0. The van der Waals surface area contributed by atoms with Crippen LogP contribution in [-0.4, -0.2) is 29.9 Å². The molecule has 6 heterocycles. The van der Waals surface area contributed by atoms with Gasteiger partial charge in [-0.25, -0.2) is 29.9 Å². The predicted molar refractivity (Wildman–Crippen MR) is 147 cm³/mol.